The van der Waals surface area contributed by atoms with Crippen molar-refractivity contribution in [2.24, 2.45) is 0 Å². The number of amides is 1. The molecular weight excluding hydrogens is 453 g/mol. The molecular formula is C23H17Cl2N3O4. The number of aromatic nitrogens is 2. The second kappa shape index (κ2) is 9.30. The maximum absolute atomic E-state index is 12.8. The minimum atomic E-state index is -0.450. The van der Waals surface area contributed by atoms with Crippen LogP contribution in [0.4, 0.5) is 0 Å². The lowest BCUT2D eigenvalue weighted by Gasteiger charge is -2.15. The number of rotatable bonds is 6. The second-order valence-electron chi connectivity index (χ2n) is 6.94. The Hall–Kier alpha value is -3.55. The monoisotopic (exact) mass is 469 g/mol. The average Bonchev–Trinajstić information content (AvgIpc) is 3.28. The quantitative estimate of drug-likeness (QED) is 0.383. The van der Waals surface area contributed by atoms with Gasteiger partial charge in [-0.25, -0.2) is 0 Å². The van der Waals surface area contributed by atoms with Crippen LogP contribution in [0.2, 0.25) is 10.0 Å². The summed E-state index contributed by atoms with van der Waals surface area (Å²) in [5.41, 5.74) is 1.28. The zero-order chi connectivity index (χ0) is 22.7. The van der Waals surface area contributed by atoms with Gasteiger partial charge in [-0.15, -0.1) is 0 Å². The summed E-state index contributed by atoms with van der Waals surface area (Å²) in [4.78, 5) is 18.4. The van der Waals surface area contributed by atoms with Crippen LogP contribution >= 0.6 is 23.2 Å². The van der Waals surface area contributed by atoms with E-state index in [1.165, 1.54) is 17.0 Å². The predicted octanol–water partition coefficient (Wildman–Crippen LogP) is 5.81. The Balaban J connectivity index is 1.46. The summed E-state index contributed by atoms with van der Waals surface area (Å²) in [6.07, 6.45) is 0. The first-order chi connectivity index (χ1) is 15.4. The molecule has 9 heteroatoms. The van der Waals surface area contributed by atoms with Gasteiger partial charge in [-0.3, -0.25) is 4.79 Å². The van der Waals surface area contributed by atoms with Crippen molar-refractivity contribution >= 4 is 29.1 Å². The Kier molecular flexibility index (Phi) is 6.30. The molecule has 1 heterocycles. The highest BCUT2D eigenvalue weighted by Gasteiger charge is 2.21. The first-order valence-electron chi connectivity index (χ1n) is 9.50. The maximum Gasteiger partial charge on any atom is 0.316 e. The van der Waals surface area contributed by atoms with E-state index >= 15 is 0 Å². The van der Waals surface area contributed by atoms with Crippen molar-refractivity contribution in [3.05, 3.63) is 88.2 Å². The van der Waals surface area contributed by atoms with E-state index in [1.807, 2.05) is 54.6 Å². The third kappa shape index (κ3) is 4.85. The van der Waals surface area contributed by atoms with Gasteiger partial charge in [0.05, 0.1) is 10.0 Å². The van der Waals surface area contributed by atoms with E-state index in [0.29, 0.717) is 17.9 Å². The predicted molar refractivity (Wildman–Crippen MR) is 120 cm³/mol. The standard InChI is InChI=1S/C23H17Cl2N3O4/c1-28(13-14-6-5-9-17(10-14)31-16-7-3-2-4-8-16)23(30)22-26-21(27-32-22)15-11-18(24)20(29)19(25)12-15/h2-12,29H,13H2,1H3. The molecule has 0 aliphatic carbocycles. The molecule has 0 saturated carbocycles. The van der Waals surface area contributed by atoms with Crippen LogP contribution in [0.5, 0.6) is 17.2 Å². The molecule has 4 aromatic rings. The van der Waals surface area contributed by atoms with Crippen LogP contribution in [-0.2, 0) is 6.54 Å². The van der Waals surface area contributed by atoms with Crippen molar-refractivity contribution in [2.75, 3.05) is 7.05 Å². The minimum absolute atomic E-state index is 0.0416. The van der Waals surface area contributed by atoms with E-state index in [1.54, 1.807) is 7.05 Å². The summed E-state index contributed by atoms with van der Waals surface area (Å²) in [5, 5.41) is 13.6. The largest absolute Gasteiger partial charge is 0.505 e. The number of hydrogen-bond donors (Lipinski definition) is 1. The third-order valence-corrected chi connectivity index (χ3v) is 5.10. The van der Waals surface area contributed by atoms with Crippen LogP contribution in [0.25, 0.3) is 11.4 Å². The number of phenols is 1. The van der Waals surface area contributed by atoms with Gasteiger partial charge >= 0.3 is 11.8 Å². The lowest BCUT2D eigenvalue weighted by Crippen LogP contribution is -2.26. The summed E-state index contributed by atoms with van der Waals surface area (Å²) in [5.74, 6) is 0.644. The van der Waals surface area contributed by atoms with Gasteiger partial charge in [0, 0.05) is 19.2 Å². The summed E-state index contributed by atoms with van der Waals surface area (Å²) < 4.78 is 11.0. The van der Waals surface area contributed by atoms with E-state index < -0.39 is 5.91 Å². The van der Waals surface area contributed by atoms with Crippen molar-refractivity contribution in [3.63, 3.8) is 0 Å². The highest BCUT2D eigenvalue weighted by molar-refractivity contribution is 6.37. The van der Waals surface area contributed by atoms with Crippen LogP contribution in [0.15, 0.2) is 71.3 Å². The second-order valence-corrected chi connectivity index (χ2v) is 7.75. The molecule has 0 bridgehead atoms. The Morgan fingerprint density at radius 1 is 1.03 bits per heavy atom. The molecule has 0 aliphatic heterocycles. The minimum Gasteiger partial charge on any atom is -0.505 e. The number of hydrogen-bond acceptors (Lipinski definition) is 6. The lowest BCUT2D eigenvalue weighted by molar-refractivity contribution is 0.0735. The normalized spacial score (nSPS) is 10.7. The fraction of sp³-hybridized carbons (Fsp3) is 0.0870. The Labute approximate surface area is 193 Å². The van der Waals surface area contributed by atoms with Crippen molar-refractivity contribution in [2.45, 2.75) is 6.54 Å². The van der Waals surface area contributed by atoms with Crippen LogP contribution in [0, 0.1) is 0 Å². The van der Waals surface area contributed by atoms with Crippen molar-refractivity contribution in [1.29, 1.82) is 0 Å². The molecule has 7 nitrogen and oxygen atoms in total. The lowest BCUT2D eigenvalue weighted by atomic mass is 10.2. The van der Waals surface area contributed by atoms with Crippen LogP contribution in [0.3, 0.4) is 0 Å². The molecule has 1 aromatic heterocycles. The fourth-order valence-corrected chi connectivity index (χ4v) is 3.45. The zero-order valence-electron chi connectivity index (χ0n) is 16.8. The summed E-state index contributed by atoms with van der Waals surface area (Å²) >= 11 is 11.9. The van der Waals surface area contributed by atoms with Crippen LogP contribution in [0.1, 0.15) is 16.2 Å². The molecule has 0 radical (unpaired) electrons. The molecule has 0 spiro atoms. The van der Waals surface area contributed by atoms with Crippen LogP contribution in [-0.4, -0.2) is 33.1 Å². The molecule has 162 valence electrons. The number of ether oxygens (including phenoxy) is 1. The Morgan fingerprint density at radius 2 is 1.72 bits per heavy atom. The highest BCUT2D eigenvalue weighted by atomic mass is 35.5. The fourth-order valence-electron chi connectivity index (χ4n) is 2.96. The van der Waals surface area contributed by atoms with Gasteiger partial charge in [-0.2, -0.15) is 4.98 Å². The molecule has 4 rings (SSSR count). The van der Waals surface area contributed by atoms with E-state index in [9.17, 15) is 9.90 Å². The topological polar surface area (TPSA) is 88.7 Å². The van der Waals surface area contributed by atoms with Crippen molar-refractivity contribution in [1.82, 2.24) is 15.0 Å². The van der Waals surface area contributed by atoms with Gasteiger partial charge in [0.15, 0.2) is 5.75 Å². The van der Waals surface area contributed by atoms with Crippen molar-refractivity contribution in [3.8, 4) is 28.6 Å². The number of para-hydroxylation sites is 1. The molecule has 1 N–H and O–H groups in total. The molecule has 0 unspecified atom stereocenters. The van der Waals surface area contributed by atoms with Gasteiger partial charge in [0.2, 0.25) is 5.82 Å². The summed E-state index contributed by atoms with van der Waals surface area (Å²) in [7, 11) is 1.63. The zero-order valence-corrected chi connectivity index (χ0v) is 18.3. The van der Waals surface area contributed by atoms with Gasteiger partial charge in [-0.05, 0) is 42.0 Å². The summed E-state index contributed by atoms with van der Waals surface area (Å²) in [6.45, 7) is 0.305. The van der Waals surface area contributed by atoms with Gasteiger partial charge in [0.1, 0.15) is 11.5 Å². The Morgan fingerprint density at radius 3 is 2.44 bits per heavy atom. The van der Waals surface area contributed by atoms with Crippen molar-refractivity contribution < 1.29 is 19.2 Å². The molecule has 3 aromatic carbocycles. The van der Waals surface area contributed by atoms with Gasteiger partial charge in [-0.1, -0.05) is 58.7 Å². The molecule has 0 aliphatic rings. The number of phenolic OH excluding ortho intramolecular Hbond substituents is 1. The van der Waals surface area contributed by atoms with E-state index in [2.05, 4.69) is 10.1 Å². The molecule has 0 saturated heterocycles. The smallest absolute Gasteiger partial charge is 0.316 e. The number of nitrogens with zero attached hydrogens (tertiary/aromatic N) is 3. The first-order valence-corrected chi connectivity index (χ1v) is 10.3. The van der Waals surface area contributed by atoms with Gasteiger partial charge in [0.25, 0.3) is 0 Å². The number of carbonyl (C=O) groups excluding carboxylic acids is 1. The Bertz CT molecular complexity index is 1240. The SMILES string of the molecule is CN(Cc1cccc(Oc2ccccc2)c1)C(=O)c1nc(-c2cc(Cl)c(O)c(Cl)c2)no1. The molecule has 1 amide bonds. The van der Waals surface area contributed by atoms with E-state index in [4.69, 9.17) is 32.5 Å². The molecule has 0 atom stereocenters. The number of halogens is 2. The van der Waals surface area contributed by atoms with Crippen LogP contribution < -0.4 is 4.74 Å². The number of carbonyl (C=O) groups is 1. The number of aromatic hydroxyl groups is 1. The average molecular weight is 470 g/mol. The highest BCUT2D eigenvalue weighted by Crippen LogP contribution is 2.35. The summed E-state index contributed by atoms with van der Waals surface area (Å²) in [6, 6.07) is 19.7. The van der Waals surface area contributed by atoms with Gasteiger partial charge < -0.3 is 19.3 Å². The van der Waals surface area contributed by atoms with E-state index in [0.717, 1.165) is 11.3 Å². The maximum atomic E-state index is 12.8. The first kappa shape index (κ1) is 21.7. The molecule has 32 heavy (non-hydrogen) atoms. The number of benzene rings is 3. The van der Waals surface area contributed by atoms with E-state index in [-0.39, 0.29) is 27.5 Å². The third-order valence-electron chi connectivity index (χ3n) is 4.53. The molecule has 0 fully saturated rings.